The Hall–Kier alpha value is -1.91. The zero-order chi connectivity index (χ0) is 12.3. The van der Waals surface area contributed by atoms with Crippen LogP contribution in [0.25, 0.3) is 6.08 Å². The van der Waals surface area contributed by atoms with E-state index in [0.29, 0.717) is 0 Å². The highest BCUT2D eigenvalue weighted by Gasteiger charge is 2.10. The van der Waals surface area contributed by atoms with Crippen LogP contribution >= 0.6 is 0 Å². The predicted octanol–water partition coefficient (Wildman–Crippen LogP) is 2.55. The summed E-state index contributed by atoms with van der Waals surface area (Å²) in [5.41, 5.74) is 0.0940. The molecule has 0 saturated heterocycles. The van der Waals surface area contributed by atoms with Crippen LogP contribution in [0.5, 0.6) is 5.75 Å². The van der Waals surface area contributed by atoms with E-state index in [0.717, 1.165) is 18.2 Å². The molecule has 1 aromatic rings. The maximum atomic E-state index is 12.9. The number of hydrogen-bond acceptors (Lipinski definition) is 2. The topological polar surface area (TPSA) is 57.5 Å². The number of carbonyl (C=O) groups is 1. The van der Waals surface area contributed by atoms with Gasteiger partial charge in [0.25, 0.3) is 0 Å². The molecule has 86 valence electrons. The smallest absolute Gasteiger partial charge is 0.331 e. The van der Waals surface area contributed by atoms with Gasteiger partial charge in [-0.25, -0.2) is 13.6 Å². The van der Waals surface area contributed by atoms with Gasteiger partial charge in [-0.15, -0.1) is 0 Å². The van der Waals surface area contributed by atoms with Crippen LogP contribution < -0.4 is 0 Å². The van der Waals surface area contributed by atoms with E-state index in [1.54, 1.807) is 6.92 Å². The van der Waals surface area contributed by atoms with Crippen molar-refractivity contribution in [1.82, 2.24) is 0 Å². The Morgan fingerprint density at radius 2 is 1.88 bits per heavy atom. The van der Waals surface area contributed by atoms with Crippen LogP contribution in [-0.4, -0.2) is 16.2 Å². The van der Waals surface area contributed by atoms with Crippen molar-refractivity contribution in [2.24, 2.45) is 0 Å². The molecule has 1 rings (SSSR count). The van der Waals surface area contributed by atoms with Crippen molar-refractivity contribution < 1.29 is 23.8 Å². The monoisotopic (exact) mass is 228 g/mol. The van der Waals surface area contributed by atoms with E-state index in [4.69, 9.17) is 10.2 Å². The lowest BCUT2D eigenvalue weighted by Crippen LogP contribution is -1.99. The van der Waals surface area contributed by atoms with Crippen molar-refractivity contribution >= 4 is 12.0 Å². The molecule has 3 nitrogen and oxygen atoms in total. The first-order valence-corrected chi connectivity index (χ1v) is 4.57. The van der Waals surface area contributed by atoms with Gasteiger partial charge in [-0.3, -0.25) is 0 Å². The number of rotatable bonds is 3. The molecule has 16 heavy (non-hydrogen) atoms. The number of aromatic hydroxyl groups is 1. The minimum atomic E-state index is -1.14. The highest BCUT2D eigenvalue weighted by molar-refractivity contribution is 5.92. The fourth-order valence-corrected chi connectivity index (χ4v) is 1.18. The summed E-state index contributed by atoms with van der Waals surface area (Å²) in [6.07, 6.45) is 1.40. The number of phenolic OH excluding ortho intramolecular Hbond substituents is 1. The van der Waals surface area contributed by atoms with Crippen molar-refractivity contribution in [2.75, 3.05) is 0 Å². The van der Waals surface area contributed by atoms with Crippen LogP contribution in [0.1, 0.15) is 18.9 Å². The van der Waals surface area contributed by atoms with Gasteiger partial charge in [0, 0.05) is 5.57 Å². The summed E-state index contributed by atoms with van der Waals surface area (Å²) in [5.74, 6) is -4.44. The number of carboxylic acids is 1. The maximum Gasteiger partial charge on any atom is 0.331 e. The molecule has 0 atom stereocenters. The predicted molar refractivity (Wildman–Crippen MR) is 53.9 cm³/mol. The molecule has 1 aromatic carbocycles. The Labute approximate surface area is 90.6 Å². The molecule has 5 heteroatoms. The van der Waals surface area contributed by atoms with Gasteiger partial charge in [-0.05, 0) is 30.2 Å². The standard InChI is InChI=1S/C11H10F2O3/c1-2-7(11(15)16)3-6-4-8(12)10(14)9(13)5-6/h3-5,14H,2H2,1H3,(H,15,16). The molecular weight excluding hydrogens is 218 g/mol. The zero-order valence-corrected chi connectivity index (χ0v) is 8.50. The van der Waals surface area contributed by atoms with E-state index in [9.17, 15) is 13.6 Å². The van der Waals surface area contributed by atoms with Crippen molar-refractivity contribution in [1.29, 1.82) is 0 Å². The highest BCUT2D eigenvalue weighted by Crippen LogP contribution is 2.23. The average molecular weight is 228 g/mol. The van der Waals surface area contributed by atoms with Gasteiger partial charge in [-0.1, -0.05) is 6.92 Å². The third-order valence-electron chi connectivity index (χ3n) is 2.04. The Bertz CT molecular complexity index is 430. The maximum absolute atomic E-state index is 12.9. The first kappa shape index (κ1) is 12.2. The van der Waals surface area contributed by atoms with Gasteiger partial charge in [0.15, 0.2) is 17.4 Å². The molecule has 0 bridgehead atoms. The van der Waals surface area contributed by atoms with Gasteiger partial charge in [-0.2, -0.15) is 0 Å². The average Bonchev–Trinajstić information content (AvgIpc) is 2.21. The zero-order valence-electron chi connectivity index (χ0n) is 8.50. The summed E-state index contributed by atoms with van der Waals surface area (Å²) in [6.45, 7) is 1.62. The van der Waals surface area contributed by atoms with E-state index in [2.05, 4.69) is 0 Å². The van der Waals surface area contributed by atoms with Crippen LogP contribution in [0.15, 0.2) is 17.7 Å². The highest BCUT2D eigenvalue weighted by atomic mass is 19.1. The Morgan fingerprint density at radius 1 is 1.38 bits per heavy atom. The van der Waals surface area contributed by atoms with Gasteiger partial charge >= 0.3 is 5.97 Å². The summed E-state index contributed by atoms with van der Waals surface area (Å²) >= 11 is 0. The molecule has 0 radical (unpaired) electrons. The van der Waals surface area contributed by atoms with Crippen LogP contribution in [0.2, 0.25) is 0 Å². The lowest BCUT2D eigenvalue weighted by atomic mass is 10.1. The second kappa shape index (κ2) is 4.74. The first-order chi connectivity index (χ1) is 7.45. The molecule has 0 heterocycles. The molecule has 2 N–H and O–H groups in total. The number of phenols is 1. The second-order valence-corrected chi connectivity index (χ2v) is 3.16. The van der Waals surface area contributed by atoms with E-state index < -0.39 is 23.4 Å². The summed E-state index contributed by atoms with van der Waals surface area (Å²) in [6, 6.07) is 1.74. The van der Waals surface area contributed by atoms with Crippen LogP contribution in [0.4, 0.5) is 8.78 Å². The van der Waals surface area contributed by atoms with Gasteiger partial charge in [0.2, 0.25) is 0 Å². The summed E-state index contributed by atoms with van der Waals surface area (Å²) < 4.78 is 25.9. The Morgan fingerprint density at radius 3 is 2.25 bits per heavy atom. The van der Waals surface area contributed by atoms with Crippen LogP contribution in [0, 0.1) is 11.6 Å². The van der Waals surface area contributed by atoms with Crippen LogP contribution in [0.3, 0.4) is 0 Å². The van der Waals surface area contributed by atoms with Crippen molar-refractivity contribution in [3.05, 3.63) is 34.9 Å². The second-order valence-electron chi connectivity index (χ2n) is 3.16. The fraction of sp³-hybridized carbons (Fsp3) is 0.182. The van der Waals surface area contributed by atoms with Gasteiger partial charge in [0.05, 0.1) is 0 Å². The van der Waals surface area contributed by atoms with E-state index >= 15 is 0 Å². The first-order valence-electron chi connectivity index (χ1n) is 4.57. The lowest BCUT2D eigenvalue weighted by Gasteiger charge is -2.01. The van der Waals surface area contributed by atoms with Crippen molar-refractivity contribution in [3.8, 4) is 5.75 Å². The number of halogens is 2. The number of carboxylic acid groups (broad SMARTS) is 1. The normalized spacial score (nSPS) is 11.6. The molecule has 0 aliphatic heterocycles. The summed E-state index contributed by atoms with van der Waals surface area (Å²) in [4.78, 5) is 10.7. The minimum absolute atomic E-state index is 0.0319. The quantitative estimate of drug-likeness (QED) is 0.781. The van der Waals surface area contributed by atoms with Crippen molar-refractivity contribution in [3.63, 3.8) is 0 Å². The molecule has 0 aromatic heterocycles. The molecule has 0 aliphatic carbocycles. The SMILES string of the molecule is CCC(=Cc1cc(F)c(O)c(F)c1)C(=O)O. The molecular formula is C11H10F2O3. The van der Waals surface area contributed by atoms with E-state index in [-0.39, 0.29) is 17.6 Å². The van der Waals surface area contributed by atoms with E-state index in [1.165, 1.54) is 0 Å². The number of benzene rings is 1. The van der Waals surface area contributed by atoms with Gasteiger partial charge < -0.3 is 10.2 Å². The fourth-order valence-electron chi connectivity index (χ4n) is 1.18. The molecule has 0 unspecified atom stereocenters. The molecule has 0 spiro atoms. The van der Waals surface area contributed by atoms with Crippen molar-refractivity contribution in [2.45, 2.75) is 13.3 Å². The molecule has 0 aliphatic rings. The molecule has 0 fully saturated rings. The number of aliphatic carboxylic acids is 1. The Kier molecular flexibility index (Phi) is 3.60. The third kappa shape index (κ3) is 2.56. The third-order valence-corrected chi connectivity index (χ3v) is 2.04. The largest absolute Gasteiger partial charge is 0.503 e. The van der Waals surface area contributed by atoms with Crippen LogP contribution in [-0.2, 0) is 4.79 Å². The summed E-state index contributed by atoms with van der Waals surface area (Å²) in [7, 11) is 0. The minimum Gasteiger partial charge on any atom is -0.503 e. The molecule has 0 amide bonds. The van der Waals surface area contributed by atoms with Gasteiger partial charge in [0.1, 0.15) is 0 Å². The number of hydrogen-bond donors (Lipinski definition) is 2. The summed E-state index contributed by atoms with van der Waals surface area (Å²) in [5, 5.41) is 17.6. The Balaban J connectivity index is 3.20. The lowest BCUT2D eigenvalue weighted by molar-refractivity contribution is -0.132. The molecule has 0 saturated carbocycles. The van der Waals surface area contributed by atoms with E-state index in [1.807, 2.05) is 0 Å².